The van der Waals surface area contributed by atoms with Crippen LogP contribution in [0.15, 0.2) is 12.1 Å². The van der Waals surface area contributed by atoms with Gasteiger partial charge in [0.05, 0.1) is 12.6 Å². The summed E-state index contributed by atoms with van der Waals surface area (Å²) in [5, 5.41) is 3.82. The van der Waals surface area contributed by atoms with Gasteiger partial charge in [0.1, 0.15) is 5.75 Å². The van der Waals surface area contributed by atoms with Crippen LogP contribution in [-0.4, -0.2) is 60.8 Å². The van der Waals surface area contributed by atoms with Crippen LogP contribution in [0.25, 0.3) is 0 Å². The molecule has 0 radical (unpaired) electrons. The molecule has 1 aliphatic carbocycles. The van der Waals surface area contributed by atoms with E-state index in [1.54, 1.807) is 0 Å². The van der Waals surface area contributed by atoms with Crippen LogP contribution < -0.4 is 10.1 Å². The summed E-state index contributed by atoms with van der Waals surface area (Å²) < 4.78 is 11.1. The van der Waals surface area contributed by atoms with Crippen LogP contribution in [0.2, 0.25) is 5.02 Å². The predicted molar refractivity (Wildman–Crippen MR) is 99.2 cm³/mol. The molecule has 1 aromatic rings. The van der Waals surface area contributed by atoms with E-state index in [9.17, 15) is 4.79 Å². The first-order valence-electron chi connectivity index (χ1n) is 9.39. The van der Waals surface area contributed by atoms with Crippen LogP contribution in [-0.2, 0) is 22.7 Å². The van der Waals surface area contributed by atoms with Gasteiger partial charge >= 0.3 is 0 Å². The Hall–Kier alpha value is -1.34. The van der Waals surface area contributed by atoms with E-state index in [-0.39, 0.29) is 11.9 Å². The van der Waals surface area contributed by atoms with Crippen molar-refractivity contribution in [2.24, 2.45) is 0 Å². The highest BCUT2D eigenvalue weighted by Gasteiger charge is 2.30. The lowest BCUT2D eigenvalue weighted by atomic mass is 10.1. The molecule has 7 heteroatoms. The summed E-state index contributed by atoms with van der Waals surface area (Å²) in [5.41, 5.74) is 2.13. The Morgan fingerprint density at radius 3 is 2.81 bits per heavy atom. The highest BCUT2D eigenvalue weighted by atomic mass is 35.5. The molecular formula is C19H26ClN3O3. The Balaban J connectivity index is 1.34. The van der Waals surface area contributed by atoms with Crippen molar-refractivity contribution in [3.05, 3.63) is 28.3 Å². The van der Waals surface area contributed by atoms with Crippen LogP contribution in [0.4, 0.5) is 0 Å². The molecule has 2 aliphatic heterocycles. The minimum absolute atomic E-state index is 0.0582. The van der Waals surface area contributed by atoms with Crippen molar-refractivity contribution >= 4 is 17.5 Å². The van der Waals surface area contributed by atoms with Crippen molar-refractivity contribution in [2.45, 2.75) is 45.0 Å². The normalized spacial score (nSPS) is 22.4. The van der Waals surface area contributed by atoms with Gasteiger partial charge in [-0.25, -0.2) is 0 Å². The zero-order valence-corrected chi connectivity index (χ0v) is 15.9. The summed E-state index contributed by atoms with van der Waals surface area (Å²) in [4.78, 5) is 16.9. The Bertz CT molecular complexity index is 672. The molecular weight excluding hydrogens is 354 g/mol. The van der Waals surface area contributed by atoms with E-state index < -0.39 is 0 Å². The number of hydrogen-bond donors (Lipinski definition) is 1. The molecule has 1 saturated carbocycles. The van der Waals surface area contributed by atoms with Crippen molar-refractivity contribution in [1.82, 2.24) is 15.1 Å². The summed E-state index contributed by atoms with van der Waals surface area (Å²) in [6, 6.07) is 4.27. The van der Waals surface area contributed by atoms with Crippen LogP contribution in [0.1, 0.15) is 30.9 Å². The maximum absolute atomic E-state index is 12.3. The summed E-state index contributed by atoms with van der Waals surface area (Å²) in [7, 11) is 0. The molecule has 1 aromatic carbocycles. The number of hydrogen-bond acceptors (Lipinski definition) is 5. The van der Waals surface area contributed by atoms with Gasteiger partial charge in [0.25, 0.3) is 0 Å². The second kappa shape index (κ2) is 7.72. The molecule has 0 aromatic heterocycles. The molecule has 0 unspecified atom stereocenters. The number of piperazine rings is 1. The van der Waals surface area contributed by atoms with E-state index in [1.165, 1.54) is 0 Å². The Kier molecular flexibility index (Phi) is 5.36. The number of nitrogens with zero attached hydrogens (tertiary/aromatic N) is 2. The zero-order valence-electron chi connectivity index (χ0n) is 15.2. The predicted octanol–water partition coefficient (Wildman–Crippen LogP) is 1.99. The fraction of sp³-hybridized carbons (Fsp3) is 0.632. The number of halogens is 1. The van der Waals surface area contributed by atoms with E-state index in [0.717, 1.165) is 67.5 Å². The Morgan fingerprint density at radius 1 is 1.31 bits per heavy atom. The third kappa shape index (κ3) is 4.14. The maximum atomic E-state index is 12.3. The molecule has 2 fully saturated rings. The van der Waals surface area contributed by atoms with Gasteiger partial charge in [-0.1, -0.05) is 11.6 Å². The molecule has 3 aliphatic rings. The number of rotatable bonds is 5. The fourth-order valence-electron chi connectivity index (χ4n) is 3.64. The lowest BCUT2D eigenvalue weighted by Crippen LogP contribution is -2.53. The topological polar surface area (TPSA) is 54.0 Å². The van der Waals surface area contributed by atoms with Gasteiger partial charge in [-0.3, -0.25) is 14.6 Å². The minimum Gasteiger partial charge on any atom is -0.467 e. The number of fused-ring (bicyclic) bond motifs is 1. The number of amides is 1. The molecule has 6 nitrogen and oxygen atoms in total. The fourth-order valence-corrected chi connectivity index (χ4v) is 3.90. The molecule has 4 rings (SSSR count). The van der Waals surface area contributed by atoms with Crippen LogP contribution in [0.5, 0.6) is 5.75 Å². The maximum Gasteiger partial charge on any atom is 0.237 e. The summed E-state index contributed by atoms with van der Waals surface area (Å²) in [6.07, 6.45) is 2.26. The molecule has 2 heterocycles. The average Bonchev–Trinajstić information content (AvgIpc) is 3.45. The summed E-state index contributed by atoms with van der Waals surface area (Å²) >= 11 is 6.26. The quantitative estimate of drug-likeness (QED) is 0.848. The first-order valence-corrected chi connectivity index (χ1v) is 9.76. The highest BCUT2D eigenvalue weighted by molar-refractivity contribution is 6.30. The van der Waals surface area contributed by atoms with E-state index >= 15 is 0 Å². The van der Waals surface area contributed by atoms with Crippen LogP contribution in [0.3, 0.4) is 0 Å². The standard InChI is InChI=1S/C19H26ClN3O3/c1-13(19(24)21-17-2-3-17)23-6-4-22(5-7-23)10-14-8-16(20)9-15-11-25-12-26-18(14)15/h8-9,13,17H,2-7,10-12H2,1H3,(H,21,24)/t13-/m0/s1. The number of benzene rings is 1. The lowest BCUT2D eigenvalue weighted by molar-refractivity contribution is -0.126. The monoisotopic (exact) mass is 379 g/mol. The van der Waals surface area contributed by atoms with Crippen molar-refractivity contribution in [1.29, 1.82) is 0 Å². The van der Waals surface area contributed by atoms with Gasteiger partial charge in [0, 0.05) is 54.9 Å². The molecule has 1 atom stereocenters. The number of nitrogens with one attached hydrogen (secondary N) is 1. The van der Waals surface area contributed by atoms with Gasteiger partial charge in [-0.2, -0.15) is 0 Å². The SMILES string of the molecule is C[C@@H](C(=O)NC1CC1)N1CCN(Cc2cc(Cl)cc3c2OCOC3)CC1. The average molecular weight is 380 g/mol. The van der Waals surface area contributed by atoms with Gasteiger partial charge in [-0.05, 0) is 31.9 Å². The van der Waals surface area contributed by atoms with E-state index in [4.69, 9.17) is 21.1 Å². The van der Waals surface area contributed by atoms with Crippen molar-refractivity contribution < 1.29 is 14.3 Å². The van der Waals surface area contributed by atoms with E-state index in [2.05, 4.69) is 15.1 Å². The van der Waals surface area contributed by atoms with Crippen LogP contribution in [0, 0.1) is 0 Å². The molecule has 0 spiro atoms. The lowest BCUT2D eigenvalue weighted by Gasteiger charge is -2.37. The second-order valence-electron chi connectivity index (χ2n) is 7.43. The smallest absolute Gasteiger partial charge is 0.237 e. The van der Waals surface area contributed by atoms with Crippen molar-refractivity contribution in [3.8, 4) is 5.75 Å². The van der Waals surface area contributed by atoms with Gasteiger partial charge < -0.3 is 14.8 Å². The van der Waals surface area contributed by atoms with Crippen molar-refractivity contribution in [2.75, 3.05) is 33.0 Å². The van der Waals surface area contributed by atoms with Gasteiger partial charge in [0.2, 0.25) is 5.91 Å². The minimum atomic E-state index is -0.0582. The van der Waals surface area contributed by atoms with Crippen molar-refractivity contribution in [3.63, 3.8) is 0 Å². The molecule has 1 saturated heterocycles. The highest BCUT2D eigenvalue weighted by Crippen LogP contribution is 2.32. The van der Waals surface area contributed by atoms with E-state index in [1.807, 2.05) is 19.1 Å². The first-order chi connectivity index (χ1) is 12.6. The molecule has 1 N–H and O–H groups in total. The summed E-state index contributed by atoms with van der Waals surface area (Å²) in [5.74, 6) is 1.08. The zero-order chi connectivity index (χ0) is 18.1. The Labute approximate surface area is 159 Å². The van der Waals surface area contributed by atoms with Gasteiger partial charge in [0.15, 0.2) is 6.79 Å². The van der Waals surface area contributed by atoms with Crippen LogP contribution >= 0.6 is 11.6 Å². The number of ether oxygens (including phenoxy) is 2. The molecule has 1 amide bonds. The molecule has 142 valence electrons. The van der Waals surface area contributed by atoms with Gasteiger partial charge in [-0.15, -0.1) is 0 Å². The summed E-state index contributed by atoms with van der Waals surface area (Å²) in [6.45, 7) is 7.30. The Morgan fingerprint density at radius 2 is 2.08 bits per heavy atom. The largest absolute Gasteiger partial charge is 0.467 e. The first kappa shape index (κ1) is 18.0. The van der Waals surface area contributed by atoms with E-state index in [0.29, 0.717) is 19.4 Å². The third-order valence-corrected chi connectivity index (χ3v) is 5.62. The molecule has 26 heavy (non-hydrogen) atoms. The number of carbonyl (C=O) groups is 1. The number of carbonyl (C=O) groups excluding carboxylic acids is 1. The third-order valence-electron chi connectivity index (χ3n) is 5.40. The molecule has 0 bridgehead atoms. The second-order valence-corrected chi connectivity index (χ2v) is 7.87.